The van der Waals surface area contributed by atoms with Crippen molar-refractivity contribution in [2.24, 2.45) is 0 Å². The lowest BCUT2D eigenvalue weighted by molar-refractivity contribution is 0.248. The molecule has 17 heavy (non-hydrogen) atoms. The van der Waals surface area contributed by atoms with Crippen LogP contribution in [0.2, 0.25) is 0 Å². The van der Waals surface area contributed by atoms with Gasteiger partial charge in [0.05, 0.1) is 0 Å². The zero-order valence-electron chi connectivity index (χ0n) is 10.4. The maximum absolute atomic E-state index is 13.0. The first-order valence-electron chi connectivity index (χ1n) is 5.83. The van der Waals surface area contributed by atoms with Crippen molar-refractivity contribution in [2.75, 3.05) is 20.1 Å². The van der Waals surface area contributed by atoms with Crippen molar-refractivity contribution in [1.29, 1.82) is 0 Å². The molecule has 1 atom stereocenters. The van der Waals surface area contributed by atoms with Crippen LogP contribution in [0.4, 0.5) is 4.39 Å². The fraction of sp³-hybridized carbons (Fsp3) is 0.538. The van der Waals surface area contributed by atoms with Gasteiger partial charge < -0.3 is 5.32 Å². The molecule has 0 amide bonds. The van der Waals surface area contributed by atoms with E-state index in [0.717, 1.165) is 25.2 Å². The van der Waals surface area contributed by atoms with Gasteiger partial charge in [-0.2, -0.15) is 0 Å². The molecular weight excluding hydrogens is 239 g/mol. The van der Waals surface area contributed by atoms with E-state index in [2.05, 4.69) is 17.3 Å². The molecule has 1 aromatic carbocycles. The van der Waals surface area contributed by atoms with Crippen molar-refractivity contribution < 1.29 is 4.39 Å². The van der Waals surface area contributed by atoms with Gasteiger partial charge in [0.2, 0.25) is 0 Å². The number of nitrogens with one attached hydrogen (secondary N) is 1. The van der Waals surface area contributed by atoms with Gasteiger partial charge in [0, 0.05) is 19.1 Å². The number of likely N-dealkylation sites (N-methyl/N-ethyl adjacent to an activating group) is 1. The summed E-state index contributed by atoms with van der Waals surface area (Å²) in [4.78, 5) is 2.35. The Bertz CT molecular complexity index is 364. The van der Waals surface area contributed by atoms with Crippen LogP contribution in [0.3, 0.4) is 0 Å². The van der Waals surface area contributed by atoms with Crippen LogP contribution in [-0.2, 0) is 6.54 Å². The quantitative estimate of drug-likeness (QED) is 0.895. The summed E-state index contributed by atoms with van der Waals surface area (Å²) in [6.07, 6.45) is 1.21. The van der Waals surface area contributed by atoms with Crippen molar-refractivity contribution >= 4 is 12.4 Å². The van der Waals surface area contributed by atoms with E-state index in [-0.39, 0.29) is 18.2 Å². The first-order valence-corrected chi connectivity index (χ1v) is 5.83. The second-order valence-corrected chi connectivity index (χ2v) is 4.63. The van der Waals surface area contributed by atoms with Crippen molar-refractivity contribution in [1.82, 2.24) is 10.2 Å². The third-order valence-electron chi connectivity index (χ3n) is 3.38. The Morgan fingerprint density at radius 3 is 2.82 bits per heavy atom. The average Bonchev–Trinajstić information content (AvgIpc) is 2.75. The molecule has 1 aromatic rings. The van der Waals surface area contributed by atoms with Gasteiger partial charge >= 0.3 is 0 Å². The summed E-state index contributed by atoms with van der Waals surface area (Å²) >= 11 is 0. The van der Waals surface area contributed by atoms with E-state index in [4.69, 9.17) is 0 Å². The van der Waals surface area contributed by atoms with Gasteiger partial charge in [-0.05, 0) is 50.2 Å². The Labute approximate surface area is 109 Å². The molecule has 2 nitrogen and oxygen atoms in total. The monoisotopic (exact) mass is 258 g/mol. The molecule has 0 bridgehead atoms. The van der Waals surface area contributed by atoms with Crippen molar-refractivity contribution in [3.05, 3.63) is 35.1 Å². The molecule has 0 aliphatic carbocycles. The predicted molar refractivity (Wildman–Crippen MR) is 71.1 cm³/mol. The largest absolute Gasteiger partial charge is 0.315 e. The molecule has 1 N–H and O–H groups in total. The number of hydrogen-bond donors (Lipinski definition) is 1. The molecule has 1 aliphatic heterocycles. The number of hydrogen-bond acceptors (Lipinski definition) is 2. The van der Waals surface area contributed by atoms with E-state index < -0.39 is 0 Å². The molecule has 2 rings (SSSR count). The standard InChI is InChI=1S/C13H19FN2.ClH/c1-10-7-12(14)4-3-11(10)9-16(2)13-5-6-15-8-13;/h3-4,7,13,15H,5-6,8-9H2,1-2H3;1H. The van der Waals surface area contributed by atoms with Crippen LogP contribution >= 0.6 is 12.4 Å². The maximum atomic E-state index is 13.0. The van der Waals surface area contributed by atoms with Crippen LogP contribution in [-0.4, -0.2) is 31.1 Å². The first kappa shape index (κ1) is 14.4. The van der Waals surface area contributed by atoms with Crippen LogP contribution in [0.5, 0.6) is 0 Å². The molecule has 0 aromatic heterocycles. The van der Waals surface area contributed by atoms with Gasteiger partial charge in [0.1, 0.15) is 5.82 Å². The molecule has 4 heteroatoms. The van der Waals surface area contributed by atoms with Gasteiger partial charge in [0.15, 0.2) is 0 Å². The summed E-state index contributed by atoms with van der Waals surface area (Å²) in [5.41, 5.74) is 2.26. The number of aryl methyl sites for hydroxylation is 1. The fourth-order valence-electron chi connectivity index (χ4n) is 2.25. The average molecular weight is 259 g/mol. The molecule has 96 valence electrons. The second-order valence-electron chi connectivity index (χ2n) is 4.63. The van der Waals surface area contributed by atoms with Crippen LogP contribution < -0.4 is 5.32 Å². The molecule has 1 heterocycles. The SMILES string of the molecule is Cc1cc(F)ccc1CN(C)C1CCNC1.Cl. The smallest absolute Gasteiger partial charge is 0.123 e. The highest BCUT2D eigenvalue weighted by atomic mass is 35.5. The molecule has 0 radical (unpaired) electrons. The third-order valence-corrected chi connectivity index (χ3v) is 3.38. The summed E-state index contributed by atoms with van der Waals surface area (Å²) in [5.74, 6) is -0.147. The normalized spacial score (nSPS) is 19.4. The highest BCUT2D eigenvalue weighted by Gasteiger charge is 2.19. The second kappa shape index (κ2) is 6.34. The van der Waals surface area contributed by atoms with Crippen LogP contribution in [0.15, 0.2) is 18.2 Å². The Balaban J connectivity index is 0.00000144. The van der Waals surface area contributed by atoms with E-state index in [0.29, 0.717) is 6.04 Å². The van der Waals surface area contributed by atoms with Gasteiger partial charge in [0.25, 0.3) is 0 Å². The lowest BCUT2D eigenvalue weighted by Crippen LogP contribution is -2.33. The minimum absolute atomic E-state index is 0. The number of rotatable bonds is 3. The third kappa shape index (κ3) is 3.66. The van der Waals surface area contributed by atoms with E-state index >= 15 is 0 Å². The van der Waals surface area contributed by atoms with Crippen molar-refractivity contribution in [2.45, 2.75) is 25.9 Å². The number of nitrogens with zero attached hydrogens (tertiary/aromatic N) is 1. The Hall–Kier alpha value is -0.640. The molecule has 1 unspecified atom stereocenters. The van der Waals surface area contributed by atoms with Gasteiger partial charge in [-0.3, -0.25) is 4.90 Å². The molecule has 1 saturated heterocycles. The molecular formula is C13H20ClFN2. The van der Waals surface area contributed by atoms with Gasteiger partial charge in [-0.25, -0.2) is 4.39 Å². The van der Waals surface area contributed by atoms with Crippen LogP contribution in [0.25, 0.3) is 0 Å². The summed E-state index contributed by atoms with van der Waals surface area (Å²) in [6.45, 7) is 5.05. The molecule has 0 saturated carbocycles. The highest BCUT2D eigenvalue weighted by Crippen LogP contribution is 2.15. The summed E-state index contributed by atoms with van der Waals surface area (Å²) < 4.78 is 13.0. The lowest BCUT2D eigenvalue weighted by Gasteiger charge is -2.24. The van der Waals surface area contributed by atoms with Crippen molar-refractivity contribution in [3.8, 4) is 0 Å². The van der Waals surface area contributed by atoms with Crippen molar-refractivity contribution in [3.63, 3.8) is 0 Å². The molecule has 1 fully saturated rings. The van der Waals surface area contributed by atoms with E-state index in [1.165, 1.54) is 12.0 Å². The highest BCUT2D eigenvalue weighted by molar-refractivity contribution is 5.85. The zero-order valence-corrected chi connectivity index (χ0v) is 11.2. The Kier molecular flexibility index (Phi) is 5.37. The molecule has 0 spiro atoms. The minimum Gasteiger partial charge on any atom is -0.315 e. The molecule has 1 aliphatic rings. The number of benzene rings is 1. The zero-order chi connectivity index (χ0) is 11.5. The summed E-state index contributed by atoms with van der Waals surface area (Å²) in [5, 5.41) is 3.36. The van der Waals surface area contributed by atoms with Crippen LogP contribution in [0, 0.1) is 12.7 Å². The van der Waals surface area contributed by atoms with Gasteiger partial charge in [-0.15, -0.1) is 12.4 Å². The Morgan fingerprint density at radius 1 is 1.47 bits per heavy atom. The fourth-order valence-corrected chi connectivity index (χ4v) is 2.25. The Morgan fingerprint density at radius 2 is 2.24 bits per heavy atom. The van der Waals surface area contributed by atoms with E-state index in [1.807, 2.05) is 13.0 Å². The number of halogens is 2. The summed E-state index contributed by atoms with van der Waals surface area (Å²) in [6, 6.07) is 5.66. The van der Waals surface area contributed by atoms with Crippen LogP contribution in [0.1, 0.15) is 17.5 Å². The van der Waals surface area contributed by atoms with E-state index in [9.17, 15) is 4.39 Å². The topological polar surface area (TPSA) is 15.3 Å². The summed E-state index contributed by atoms with van der Waals surface area (Å²) in [7, 11) is 2.14. The lowest BCUT2D eigenvalue weighted by atomic mass is 10.1. The van der Waals surface area contributed by atoms with Gasteiger partial charge in [-0.1, -0.05) is 6.07 Å². The minimum atomic E-state index is -0.147. The first-order chi connectivity index (χ1) is 7.66. The maximum Gasteiger partial charge on any atom is 0.123 e. The van der Waals surface area contributed by atoms with E-state index in [1.54, 1.807) is 12.1 Å². The predicted octanol–water partition coefficient (Wildman–Crippen LogP) is 2.35.